The number of nitrogens with zero attached hydrogens (tertiary/aromatic N) is 1. The van der Waals surface area contributed by atoms with Gasteiger partial charge in [-0.1, -0.05) is 6.92 Å². The topological polar surface area (TPSA) is 24.5 Å². The van der Waals surface area contributed by atoms with Crippen LogP contribution in [0.4, 0.5) is 0 Å². The summed E-state index contributed by atoms with van der Waals surface area (Å²) >= 11 is 0. The summed E-state index contributed by atoms with van der Waals surface area (Å²) in [6.07, 6.45) is 3.87. The Morgan fingerprint density at radius 1 is 1.44 bits per heavy atom. The molecular formula is C13H26N2O. The van der Waals surface area contributed by atoms with E-state index in [0.717, 1.165) is 31.7 Å². The Labute approximate surface area is 99.5 Å². The molecule has 0 radical (unpaired) electrons. The normalized spacial score (nSPS) is 37.5. The third-order valence-electron chi connectivity index (χ3n) is 3.95. The minimum absolute atomic E-state index is 0.646. The molecule has 3 heteroatoms. The van der Waals surface area contributed by atoms with E-state index in [1.54, 1.807) is 0 Å². The van der Waals surface area contributed by atoms with Crippen molar-refractivity contribution in [2.45, 2.75) is 45.2 Å². The maximum absolute atomic E-state index is 5.58. The van der Waals surface area contributed by atoms with Crippen LogP contribution in [0.1, 0.15) is 33.1 Å². The van der Waals surface area contributed by atoms with Gasteiger partial charge in [-0.3, -0.25) is 4.90 Å². The van der Waals surface area contributed by atoms with Gasteiger partial charge in [0.2, 0.25) is 0 Å². The van der Waals surface area contributed by atoms with E-state index in [9.17, 15) is 0 Å². The van der Waals surface area contributed by atoms with Crippen molar-refractivity contribution in [1.29, 1.82) is 0 Å². The lowest BCUT2D eigenvalue weighted by atomic mass is 9.99. The van der Waals surface area contributed by atoms with Crippen LogP contribution in [0.5, 0.6) is 0 Å². The van der Waals surface area contributed by atoms with E-state index in [4.69, 9.17) is 4.74 Å². The summed E-state index contributed by atoms with van der Waals surface area (Å²) in [5, 5.41) is 3.58. The van der Waals surface area contributed by atoms with Gasteiger partial charge < -0.3 is 10.1 Å². The van der Waals surface area contributed by atoms with Crippen LogP contribution in [-0.2, 0) is 4.74 Å². The maximum Gasteiger partial charge on any atom is 0.0506 e. The first kappa shape index (κ1) is 12.3. The zero-order chi connectivity index (χ0) is 11.4. The molecule has 2 saturated heterocycles. The molecule has 2 fully saturated rings. The molecule has 2 heterocycles. The van der Waals surface area contributed by atoms with Crippen LogP contribution in [0.15, 0.2) is 0 Å². The smallest absolute Gasteiger partial charge is 0.0506 e. The number of piperazine rings is 1. The number of rotatable bonds is 3. The Kier molecular flexibility index (Phi) is 4.62. The van der Waals surface area contributed by atoms with Crippen LogP contribution in [0.25, 0.3) is 0 Å². The Morgan fingerprint density at radius 2 is 2.31 bits per heavy atom. The van der Waals surface area contributed by atoms with E-state index in [2.05, 4.69) is 24.1 Å². The highest BCUT2D eigenvalue weighted by atomic mass is 16.5. The average molecular weight is 226 g/mol. The quantitative estimate of drug-likeness (QED) is 0.789. The number of hydrogen-bond donors (Lipinski definition) is 1. The van der Waals surface area contributed by atoms with Crippen LogP contribution in [-0.4, -0.2) is 49.8 Å². The largest absolute Gasteiger partial charge is 0.381 e. The highest BCUT2D eigenvalue weighted by Crippen LogP contribution is 2.18. The van der Waals surface area contributed by atoms with E-state index < -0.39 is 0 Å². The van der Waals surface area contributed by atoms with Crippen LogP contribution in [0.3, 0.4) is 0 Å². The molecule has 2 aliphatic rings. The minimum atomic E-state index is 0.646. The molecule has 2 aliphatic heterocycles. The Hall–Kier alpha value is -0.120. The van der Waals surface area contributed by atoms with Crippen molar-refractivity contribution >= 4 is 0 Å². The molecule has 0 aliphatic carbocycles. The van der Waals surface area contributed by atoms with Gasteiger partial charge in [0.1, 0.15) is 0 Å². The molecule has 3 nitrogen and oxygen atoms in total. The summed E-state index contributed by atoms with van der Waals surface area (Å²) in [4.78, 5) is 2.68. The van der Waals surface area contributed by atoms with E-state index in [0.29, 0.717) is 6.04 Å². The molecule has 0 saturated carbocycles. The first-order chi connectivity index (χ1) is 7.79. The molecule has 3 atom stereocenters. The maximum atomic E-state index is 5.58. The second-order valence-electron chi connectivity index (χ2n) is 5.41. The first-order valence-electron chi connectivity index (χ1n) is 6.84. The summed E-state index contributed by atoms with van der Waals surface area (Å²) in [5.74, 6) is 0.771. The highest BCUT2D eigenvalue weighted by molar-refractivity contribution is 4.84. The lowest BCUT2D eigenvalue weighted by molar-refractivity contribution is 0.0221. The lowest BCUT2D eigenvalue weighted by Crippen LogP contribution is -2.56. The van der Waals surface area contributed by atoms with Crippen LogP contribution in [0, 0.1) is 5.92 Å². The molecule has 3 unspecified atom stereocenters. The van der Waals surface area contributed by atoms with Gasteiger partial charge in [-0.2, -0.15) is 0 Å². The fourth-order valence-corrected chi connectivity index (χ4v) is 2.94. The molecule has 94 valence electrons. The predicted octanol–water partition coefficient (Wildman–Crippen LogP) is 1.49. The summed E-state index contributed by atoms with van der Waals surface area (Å²) in [7, 11) is 0. The van der Waals surface area contributed by atoms with Gasteiger partial charge in [0.05, 0.1) is 6.61 Å². The third kappa shape index (κ3) is 3.19. The van der Waals surface area contributed by atoms with Gasteiger partial charge in [-0.05, 0) is 32.1 Å². The predicted molar refractivity (Wildman–Crippen MR) is 66.7 cm³/mol. The summed E-state index contributed by atoms with van der Waals surface area (Å²) in [5.41, 5.74) is 0. The molecule has 0 spiro atoms. The van der Waals surface area contributed by atoms with Crippen LogP contribution in [0.2, 0.25) is 0 Å². The zero-order valence-corrected chi connectivity index (χ0v) is 10.7. The Morgan fingerprint density at radius 3 is 3.00 bits per heavy atom. The Bertz CT molecular complexity index is 204. The molecular weight excluding hydrogens is 200 g/mol. The summed E-state index contributed by atoms with van der Waals surface area (Å²) in [6.45, 7) is 10.1. The van der Waals surface area contributed by atoms with E-state index in [-0.39, 0.29) is 0 Å². The number of nitrogens with one attached hydrogen (secondary N) is 1. The van der Waals surface area contributed by atoms with Crippen molar-refractivity contribution in [3.63, 3.8) is 0 Å². The molecule has 2 rings (SSSR count). The molecule has 0 bridgehead atoms. The SMILES string of the molecule is CCC1CNC(C)CN1CC1CCCOC1. The van der Waals surface area contributed by atoms with Gasteiger partial charge in [-0.15, -0.1) is 0 Å². The minimum Gasteiger partial charge on any atom is -0.381 e. The van der Waals surface area contributed by atoms with Crippen molar-refractivity contribution in [1.82, 2.24) is 10.2 Å². The fourth-order valence-electron chi connectivity index (χ4n) is 2.94. The standard InChI is InChI=1S/C13H26N2O/c1-3-13-7-14-11(2)8-15(13)9-12-5-4-6-16-10-12/h11-14H,3-10H2,1-2H3. The second kappa shape index (κ2) is 5.99. The third-order valence-corrected chi connectivity index (χ3v) is 3.95. The summed E-state index contributed by atoms with van der Waals surface area (Å²) < 4.78 is 5.58. The molecule has 0 aromatic rings. The van der Waals surface area contributed by atoms with E-state index >= 15 is 0 Å². The Balaban J connectivity index is 1.84. The van der Waals surface area contributed by atoms with Gasteiger partial charge in [0.25, 0.3) is 0 Å². The number of ether oxygens (including phenoxy) is 1. The molecule has 16 heavy (non-hydrogen) atoms. The van der Waals surface area contributed by atoms with Crippen molar-refractivity contribution in [2.24, 2.45) is 5.92 Å². The molecule has 0 aromatic carbocycles. The molecule has 1 N–H and O–H groups in total. The van der Waals surface area contributed by atoms with Crippen molar-refractivity contribution in [3.05, 3.63) is 0 Å². The van der Waals surface area contributed by atoms with Crippen molar-refractivity contribution < 1.29 is 4.74 Å². The van der Waals surface area contributed by atoms with Crippen molar-refractivity contribution in [3.8, 4) is 0 Å². The number of hydrogen-bond acceptors (Lipinski definition) is 3. The van der Waals surface area contributed by atoms with Gasteiger partial charge in [0.15, 0.2) is 0 Å². The van der Waals surface area contributed by atoms with Gasteiger partial charge >= 0.3 is 0 Å². The van der Waals surface area contributed by atoms with Crippen molar-refractivity contribution in [2.75, 3.05) is 32.8 Å². The van der Waals surface area contributed by atoms with Gasteiger partial charge in [0, 0.05) is 38.3 Å². The van der Waals surface area contributed by atoms with E-state index in [1.165, 1.54) is 32.4 Å². The second-order valence-corrected chi connectivity index (χ2v) is 5.41. The summed E-state index contributed by atoms with van der Waals surface area (Å²) in [6, 6.07) is 1.38. The van der Waals surface area contributed by atoms with Crippen LogP contribution < -0.4 is 5.32 Å². The van der Waals surface area contributed by atoms with Crippen LogP contribution >= 0.6 is 0 Å². The zero-order valence-electron chi connectivity index (χ0n) is 10.7. The fraction of sp³-hybridized carbons (Fsp3) is 1.00. The van der Waals surface area contributed by atoms with E-state index in [1.807, 2.05) is 0 Å². The molecule has 0 amide bonds. The molecule has 0 aromatic heterocycles. The monoisotopic (exact) mass is 226 g/mol. The van der Waals surface area contributed by atoms with Gasteiger partial charge in [-0.25, -0.2) is 0 Å². The first-order valence-corrected chi connectivity index (χ1v) is 6.84. The average Bonchev–Trinajstić information content (AvgIpc) is 2.31. The highest BCUT2D eigenvalue weighted by Gasteiger charge is 2.27. The lowest BCUT2D eigenvalue weighted by Gasteiger charge is -2.41.